The number of halogens is 3. The van der Waals surface area contributed by atoms with Crippen LogP contribution in [-0.2, 0) is 6.18 Å². The molecule has 2 atom stereocenters. The molecule has 0 bridgehead atoms. The summed E-state index contributed by atoms with van der Waals surface area (Å²) in [4.78, 5) is 0. The van der Waals surface area contributed by atoms with Crippen molar-refractivity contribution in [1.82, 2.24) is 5.32 Å². The summed E-state index contributed by atoms with van der Waals surface area (Å²) in [6, 6.07) is 3.12. The maximum absolute atomic E-state index is 12.5. The maximum atomic E-state index is 12.5. The quantitative estimate of drug-likeness (QED) is 0.725. The molecule has 3 nitrogen and oxygen atoms in total. The lowest BCUT2D eigenvalue weighted by Crippen LogP contribution is -2.33. The van der Waals surface area contributed by atoms with Crippen LogP contribution in [-0.4, -0.2) is 18.2 Å². The van der Waals surface area contributed by atoms with Crippen molar-refractivity contribution in [2.24, 2.45) is 5.92 Å². The molecule has 2 unspecified atom stereocenters. The summed E-state index contributed by atoms with van der Waals surface area (Å²) in [5.41, 5.74) is 5.23. The summed E-state index contributed by atoms with van der Waals surface area (Å²) in [5.74, 6) is -0.00668. The van der Waals surface area contributed by atoms with E-state index in [-0.39, 0.29) is 11.6 Å². The number of anilines is 1. The van der Waals surface area contributed by atoms with E-state index in [0.29, 0.717) is 12.1 Å². The summed E-state index contributed by atoms with van der Waals surface area (Å²) in [5, 5.41) is 13.4. The molecule has 1 aromatic carbocycles. The standard InChI is InChI=1S/C13H17F3N2O/c14-13(15,16)9-3-4-10(11(17)6-9)12(19)8-2-1-5-18-7-8/h3-4,6,8,12,18-19H,1-2,5,7,17H2. The maximum Gasteiger partial charge on any atom is 0.416 e. The van der Waals surface area contributed by atoms with E-state index in [1.165, 1.54) is 6.07 Å². The molecule has 106 valence electrons. The fraction of sp³-hybridized carbons (Fsp3) is 0.538. The minimum atomic E-state index is -4.41. The Kier molecular flexibility index (Phi) is 4.01. The summed E-state index contributed by atoms with van der Waals surface area (Å²) in [6.07, 6.45) is -3.45. The first-order chi connectivity index (χ1) is 8.89. The number of aliphatic hydroxyl groups is 1. The molecular formula is C13H17F3N2O. The molecule has 1 heterocycles. The molecule has 0 spiro atoms. The molecular weight excluding hydrogens is 257 g/mol. The van der Waals surface area contributed by atoms with Crippen LogP contribution >= 0.6 is 0 Å². The Bertz CT molecular complexity index is 442. The van der Waals surface area contributed by atoms with Gasteiger partial charge in [0.2, 0.25) is 0 Å². The first-order valence-corrected chi connectivity index (χ1v) is 6.25. The monoisotopic (exact) mass is 274 g/mol. The van der Waals surface area contributed by atoms with E-state index in [2.05, 4.69) is 5.32 Å². The average Bonchev–Trinajstić information content (AvgIpc) is 2.38. The zero-order valence-electron chi connectivity index (χ0n) is 10.4. The van der Waals surface area contributed by atoms with Gasteiger partial charge >= 0.3 is 6.18 Å². The van der Waals surface area contributed by atoms with Crippen LogP contribution in [0.15, 0.2) is 18.2 Å². The van der Waals surface area contributed by atoms with Crippen LogP contribution in [0.1, 0.15) is 30.1 Å². The lowest BCUT2D eigenvalue weighted by molar-refractivity contribution is -0.137. The van der Waals surface area contributed by atoms with Crippen molar-refractivity contribution in [2.75, 3.05) is 18.8 Å². The topological polar surface area (TPSA) is 58.3 Å². The van der Waals surface area contributed by atoms with Crippen molar-refractivity contribution in [3.63, 3.8) is 0 Å². The highest BCUT2D eigenvalue weighted by Crippen LogP contribution is 2.35. The van der Waals surface area contributed by atoms with Crippen LogP contribution < -0.4 is 11.1 Å². The highest BCUT2D eigenvalue weighted by atomic mass is 19.4. The third-order valence-corrected chi connectivity index (χ3v) is 3.51. The molecule has 2 rings (SSSR count). The largest absolute Gasteiger partial charge is 0.416 e. The fourth-order valence-electron chi connectivity index (χ4n) is 2.42. The van der Waals surface area contributed by atoms with E-state index in [9.17, 15) is 18.3 Å². The molecule has 1 aliphatic rings. The van der Waals surface area contributed by atoms with Crippen LogP contribution in [0.25, 0.3) is 0 Å². The summed E-state index contributed by atoms with van der Waals surface area (Å²) < 4.78 is 37.6. The van der Waals surface area contributed by atoms with E-state index >= 15 is 0 Å². The molecule has 1 aliphatic heterocycles. The Morgan fingerprint density at radius 2 is 2.11 bits per heavy atom. The molecule has 0 aromatic heterocycles. The van der Waals surface area contributed by atoms with E-state index in [1.807, 2.05) is 0 Å². The van der Waals surface area contributed by atoms with Gasteiger partial charge < -0.3 is 16.2 Å². The minimum Gasteiger partial charge on any atom is -0.398 e. The van der Waals surface area contributed by atoms with Gasteiger partial charge in [0, 0.05) is 23.7 Å². The zero-order valence-corrected chi connectivity index (χ0v) is 10.4. The normalized spacial score (nSPS) is 22.2. The summed E-state index contributed by atoms with van der Waals surface area (Å²) in [7, 11) is 0. The van der Waals surface area contributed by atoms with Gasteiger partial charge in [-0.15, -0.1) is 0 Å². The number of benzene rings is 1. The molecule has 0 aliphatic carbocycles. The van der Waals surface area contributed by atoms with Crippen molar-refractivity contribution >= 4 is 5.69 Å². The van der Waals surface area contributed by atoms with E-state index in [4.69, 9.17) is 5.73 Å². The number of piperidine rings is 1. The van der Waals surface area contributed by atoms with E-state index < -0.39 is 17.8 Å². The van der Waals surface area contributed by atoms with E-state index in [0.717, 1.165) is 31.5 Å². The Labute approximate surface area is 109 Å². The summed E-state index contributed by atoms with van der Waals surface area (Å²) >= 11 is 0. The van der Waals surface area contributed by atoms with Gasteiger partial charge in [0.25, 0.3) is 0 Å². The van der Waals surface area contributed by atoms with Gasteiger partial charge in [0.05, 0.1) is 11.7 Å². The molecule has 19 heavy (non-hydrogen) atoms. The van der Waals surface area contributed by atoms with Gasteiger partial charge in [-0.2, -0.15) is 13.2 Å². The van der Waals surface area contributed by atoms with Gasteiger partial charge in [-0.25, -0.2) is 0 Å². The smallest absolute Gasteiger partial charge is 0.398 e. The van der Waals surface area contributed by atoms with Gasteiger partial charge in [-0.1, -0.05) is 6.07 Å². The van der Waals surface area contributed by atoms with Crippen LogP contribution in [0.3, 0.4) is 0 Å². The number of nitrogens with one attached hydrogen (secondary N) is 1. The predicted molar refractivity (Wildman–Crippen MR) is 66.4 cm³/mol. The van der Waals surface area contributed by atoms with Crippen LogP contribution in [0.5, 0.6) is 0 Å². The SMILES string of the molecule is Nc1cc(C(F)(F)F)ccc1C(O)C1CCCNC1. The second-order valence-electron chi connectivity index (χ2n) is 4.89. The highest BCUT2D eigenvalue weighted by molar-refractivity contribution is 5.51. The summed E-state index contributed by atoms with van der Waals surface area (Å²) in [6.45, 7) is 1.56. The molecule has 1 fully saturated rings. The van der Waals surface area contributed by atoms with Crippen LogP contribution in [0.4, 0.5) is 18.9 Å². The van der Waals surface area contributed by atoms with Crippen molar-refractivity contribution in [1.29, 1.82) is 0 Å². The molecule has 4 N–H and O–H groups in total. The number of hydrogen-bond donors (Lipinski definition) is 3. The lowest BCUT2D eigenvalue weighted by atomic mass is 9.88. The number of nitrogen functional groups attached to an aromatic ring is 1. The number of alkyl halides is 3. The second-order valence-corrected chi connectivity index (χ2v) is 4.89. The molecule has 0 radical (unpaired) electrons. The van der Waals surface area contributed by atoms with Crippen molar-refractivity contribution in [2.45, 2.75) is 25.1 Å². The lowest BCUT2D eigenvalue weighted by Gasteiger charge is -2.28. The van der Waals surface area contributed by atoms with Crippen molar-refractivity contribution in [3.05, 3.63) is 29.3 Å². The molecule has 1 aromatic rings. The Hall–Kier alpha value is -1.27. The molecule has 0 amide bonds. The molecule has 0 saturated carbocycles. The van der Waals surface area contributed by atoms with Gasteiger partial charge in [-0.3, -0.25) is 0 Å². The number of nitrogens with two attached hydrogens (primary N) is 1. The third kappa shape index (κ3) is 3.19. The number of hydrogen-bond acceptors (Lipinski definition) is 3. The number of aliphatic hydroxyl groups excluding tert-OH is 1. The van der Waals surface area contributed by atoms with Crippen LogP contribution in [0.2, 0.25) is 0 Å². The first-order valence-electron chi connectivity index (χ1n) is 6.25. The minimum absolute atomic E-state index is 0.00658. The average molecular weight is 274 g/mol. The fourth-order valence-corrected chi connectivity index (χ4v) is 2.42. The van der Waals surface area contributed by atoms with Crippen molar-refractivity contribution in [3.8, 4) is 0 Å². The highest BCUT2D eigenvalue weighted by Gasteiger charge is 2.32. The van der Waals surface area contributed by atoms with E-state index in [1.54, 1.807) is 0 Å². The third-order valence-electron chi connectivity index (χ3n) is 3.51. The van der Waals surface area contributed by atoms with Gasteiger partial charge in [-0.05, 0) is 31.5 Å². The van der Waals surface area contributed by atoms with Crippen molar-refractivity contribution < 1.29 is 18.3 Å². The number of rotatable bonds is 2. The first kappa shape index (κ1) is 14.1. The van der Waals surface area contributed by atoms with Crippen LogP contribution in [0, 0.1) is 5.92 Å². The van der Waals surface area contributed by atoms with Gasteiger partial charge in [0.1, 0.15) is 0 Å². The molecule has 1 saturated heterocycles. The Morgan fingerprint density at radius 3 is 2.63 bits per heavy atom. The van der Waals surface area contributed by atoms with Gasteiger partial charge in [0.15, 0.2) is 0 Å². The Balaban J connectivity index is 2.20. The predicted octanol–water partition coefficient (Wildman–Crippen LogP) is 2.32. The zero-order chi connectivity index (χ0) is 14.0. The Morgan fingerprint density at radius 1 is 1.37 bits per heavy atom. The molecule has 6 heteroatoms. The second kappa shape index (κ2) is 5.38.